The fourth-order valence-corrected chi connectivity index (χ4v) is 3.40. The van der Waals surface area contributed by atoms with Gasteiger partial charge in [-0.25, -0.2) is 4.79 Å². The summed E-state index contributed by atoms with van der Waals surface area (Å²) in [5.74, 6) is 0.848. The molecule has 0 spiro atoms. The van der Waals surface area contributed by atoms with E-state index in [0.29, 0.717) is 0 Å². The lowest BCUT2D eigenvalue weighted by Gasteiger charge is -2.22. The van der Waals surface area contributed by atoms with Gasteiger partial charge >= 0.3 is 6.09 Å². The zero-order chi connectivity index (χ0) is 16.1. The second kappa shape index (κ2) is 7.49. The summed E-state index contributed by atoms with van der Waals surface area (Å²) < 4.78 is 5.26. The second-order valence-electron chi connectivity index (χ2n) is 6.27. The van der Waals surface area contributed by atoms with Crippen molar-refractivity contribution in [2.45, 2.75) is 57.4 Å². The quantitative estimate of drug-likeness (QED) is 0.681. The molecule has 0 radical (unpaired) electrons. The molecule has 5 heteroatoms. The molecule has 0 saturated heterocycles. The molecule has 0 aromatic heterocycles. The average molecular weight is 316 g/mol. The van der Waals surface area contributed by atoms with Crippen LogP contribution in [0.25, 0.3) is 0 Å². The number of carbonyl (C=O) groups is 1. The van der Waals surface area contributed by atoms with Crippen LogP contribution in [0.15, 0.2) is 23.4 Å². The van der Waals surface area contributed by atoms with Crippen molar-refractivity contribution in [1.82, 2.24) is 5.32 Å². The molecule has 1 amide bonds. The molecular formula is C18H24N2O3. The van der Waals surface area contributed by atoms with Crippen molar-refractivity contribution in [3.05, 3.63) is 29.3 Å². The number of benzene rings is 1. The highest BCUT2D eigenvalue weighted by Crippen LogP contribution is 2.26. The van der Waals surface area contributed by atoms with Crippen LogP contribution in [0.2, 0.25) is 0 Å². The highest BCUT2D eigenvalue weighted by Gasteiger charge is 2.19. The Balaban J connectivity index is 1.63. The van der Waals surface area contributed by atoms with E-state index in [4.69, 9.17) is 9.57 Å². The first kappa shape index (κ1) is 15.8. The molecule has 23 heavy (non-hydrogen) atoms. The zero-order valence-electron chi connectivity index (χ0n) is 13.6. The number of hydrogen-bond donors (Lipinski definition) is 1. The number of hydrogen-bond acceptors (Lipinski definition) is 4. The van der Waals surface area contributed by atoms with Gasteiger partial charge in [-0.3, -0.25) is 4.84 Å². The van der Waals surface area contributed by atoms with Crippen molar-refractivity contribution in [2.24, 2.45) is 5.16 Å². The van der Waals surface area contributed by atoms with Crippen LogP contribution in [0, 0.1) is 0 Å². The fraction of sp³-hybridized carbons (Fsp3) is 0.556. The van der Waals surface area contributed by atoms with Crippen LogP contribution in [0.5, 0.6) is 5.75 Å². The SMILES string of the molecule is COc1ccc2c(c1)CCC/C2=N\OC(=O)NC1CCCCC1. The van der Waals surface area contributed by atoms with Gasteiger partial charge in [0, 0.05) is 11.6 Å². The van der Waals surface area contributed by atoms with Crippen LogP contribution in [-0.4, -0.2) is 25.0 Å². The first-order valence-electron chi connectivity index (χ1n) is 8.48. The molecule has 0 heterocycles. The highest BCUT2D eigenvalue weighted by molar-refractivity contribution is 6.02. The largest absolute Gasteiger partial charge is 0.497 e. The summed E-state index contributed by atoms with van der Waals surface area (Å²) in [5.41, 5.74) is 3.10. The Bertz CT molecular complexity index is 592. The van der Waals surface area contributed by atoms with Gasteiger partial charge in [-0.15, -0.1) is 0 Å². The molecule has 0 bridgehead atoms. The predicted octanol–water partition coefficient (Wildman–Crippen LogP) is 3.79. The summed E-state index contributed by atoms with van der Waals surface area (Å²) >= 11 is 0. The fourth-order valence-electron chi connectivity index (χ4n) is 3.40. The molecule has 0 aliphatic heterocycles. The predicted molar refractivity (Wildman–Crippen MR) is 89.0 cm³/mol. The molecule has 3 rings (SSSR count). The third-order valence-electron chi connectivity index (χ3n) is 4.65. The number of rotatable bonds is 3. The number of nitrogens with zero attached hydrogens (tertiary/aromatic N) is 1. The topological polar surface area (TPSA) is 59.9 Å². The number of oxime groups is 1. The number of methoxy groups -OCH3 is 1. The molecule has 0 atom stereocenters. The van der Waals surface area contributed by atoms with Crippen LogP contribution < -0.4 is 10.1 Å². The Morgan fingerprint density at radius 1 is 1.17 bits per heavy atom. The Morgan fingerprint density at radius 2 is 2.00 bits per heavy atom. The van der Waals surface area contributed by atoms with Crippen LogP contribution in [-0.2, 0) is 11.3 Å². The minimum absolute atomic E-state index is 0.236. The van der Waals surface area contributed by atoms with Gasteiger partial charge in [0.2, 0.25) is 0 Å². The van der Waals surface area contributed by atoms with E-state index in [1.165, 1.54) is 24.8 Å². The van der Waals surface area contributed by atoms with Crippen molar-refractivity contribution >= 4 is 11.8 Å². The molecule has 2 aliphatic carbocycles. The number of aryl methyl sites for hydroxylation is 1. The minimum atomic E-state index is -0.440. The number of nitrogens with one attached hydrogen (secondary N) is 1. The van der Waals surface area contributed by atoms with E-state index in [0.717, 1.165) is 49.1 Å². The second-order valence-corrected chi connectivity index (χ2v) is 6.27. The van der Waals surface area contributed by atoms with Crippen molar-refractivity contribution in [3.63, 3.8) is 0 Å². The maximum absolute atomic E-state index is 11.9. The van der Waals surface area contributed by atoms with Gasteiger partial charge in [-0.2, -0.15) is 0 Å². The molecule has 0 unspecified atom stereocenters. The molecule has 124 valence electrons. The lowest BCUT2D eigenvalue weighted by Crippen LogP contribution is -2.36. The third-order valence-corrected chi connectivity index (χ3v) is 4.65. The van der Waals surface area contributed by atoms with Gasteiger partial charge < -0.3 is 10.1 Å². The zero-order valence-corrected chi connectivity index (χ0v) is 13.6. The van der Waals surface area contributed by atoms with E-state index in [9.17, 15) is 4.79 Å². The van der Waals surface area contributed by atoms with Crippen molar-refractivity contribution in [2.75, 3.05) is 7.11 Å². The summed E-state index contributed by atoms with van der Waals surface area (Å²) in [7, 11) is 1.66. The van der Waals surface area contributed by atoms with E-state index >= 15 is 0 Å². The van der Waals surface area contributed by atoms with E-state index in [1.807, 2.05) is 18.2 Å². The third kappa shape index (κ3) is 4.03. The monoisotopic (exact) mass is 316 g/mol. The van der Waals surface area contributed by atoms with Crippen molar-refractivity contribution in [1.29, 1.82) is 0 Å². The van der Waals surface area contributed by atoms with Gasteiger partial charge in [0.1, 0.15) is 5.75 Å². The minimum Gasteiger partial charge on any atom is -0.497 e. The number of amides is 1. The Hall–Kier alpha value is -2.04. The Morgan fingerprint density at radius 3 is 2.78 bits per heavy atom. The van der Waals surface area contributed by atoms with Crippen molar-refractivity contribution in [3.8, 4) is 5.75 Å². The van der Waals surface area contributed by atoms with Crippen molar-refractivity contribution < 1.29 is 14.4 Å². The summed E-state index contributed by atoms with van der Waals surface area (Å²) in [5, 5.41) is 7.02. The van der Waals surface area contributed by atoms with Gasteiger partial charge in [0.25, 0.3) is 0 Å². The first-order chi connectivity index (χ1) is 11.3. The van der Waals surface area contributed by atoms with E-state index in [1.54, 1.807) is 7.11 Å². The van der Waals surface area contributed by atoms with Crippen LogP contribution in [0.4, 0.5) is 4.79 Å². The molecule has 1 N–H and O–H groups in total. The van der Waals surface area contributed by atoms with E-state index < -0.39 is 6.09 Å². The highest BCUT2D eigenvalue weighted by atomic mass is 16.7. The van der Waals surface area contributed by atoms with Crippen LogP contribution >= 0.6 is 0 Å². The molecule has 1 fully saturated rings. The number of ether oxygens (including phenoxy) is 1. The summed E-state index contributed by atoms with van der Waals surface area (Å²) in [6, 6.07) is 6.18. The lowest BCUT2D eigenvalue weighted by molar-refractivity contribution is 0.143. The normalized spacial score (nSPS) is 20.0. The van der Waals surface area contributed by atoms with Gasteiger partial charge in [-0.1, -0.05) is 24.4 Å². The van der Waals surface area contributed by atoms with Gasteiger partial charge in [0.05, 0.1) is 12.8 Å². The lowest BCUT2D eigenvalue weighted by atomic mass is 9.90. The summed E-state index contributed by atoms with van der Waals surface area (Å²) in [6.07, 6.45) is 8.08. The standard InChI is InChI=1S/C18H24N2O3/c1-22-15-10-11-16-13(12-15)6-5-9-17(16)20-23-18(21)19-14-7-3-2-4-8-14/h10-12,14H,2-9H2,1H3,(H,19,21)/b20-17+. The van der Waals surface area contributed by atoms with Gasteiger partial charge in [0.15, 0.2) is 0 Å². The van der Waals surface area contributed by atoms with Gasteiger partial charge in [-0.05, 0) is 55.9 Å². The summed E-state index contributed by atoms with van der Waals surface area (Å²) in [6.45, 7) is 0. The molecule has 2 aliphatic rings. The smallest absolute Gasteiger partial charge is 0.433 e. The number of carbonyl (C=O) groups excluding carboxylic acids is 1. The average Bonchev–Trinajstić information content (AvgIpc) is 2.60. The van der Waals surface area contributed by atoms with Crippen LogP contribution in [0.1, 0.15) is 56.1 Å². The maximum atomic E-state index is 11.9. The van der Waals surface area contributed by atoms with Crippen LogP contribution in [0.3, 0.4) is 0 Å². The Labute approximate surface area is 137 Å². The molecule has 1 aromatic rings. The first-order valence-corrected chi connectivity index (χ1v) is 8.48. The summed E-state index contributed by atoms with van der Waals surface area (Å²) in [4.78, 5) is 17.0. The Kier molecular flexibility index (Phi) is 5.16. The molecule has 5 nitrogen and oxygen atoms in total. The van der Waals surface area contributed by atoms with E-state index in [2.05, 4.69) is 10.5 Å². The van der Waals surface area contributed by atoms with E-state index in [-0.39, 0.29) is 6.04 Å². The molecular weight excluding hydrogens is 292 g/mol. The molecule has 1 saturated carbocycles. The number of fused-ring (bicyclic) bond motifs is 1. The maximum Gasteiger partial charge on any atom is 0.433 e. The molecule has 1 aromatic carbocycles.